The number of aliphatic imine (C=N–C) groups is 1. The number of anilines is 1. The summed E-state index contributed by atoms with van der Waals surface area (Å²) in [6, 6.07) is 13.7. The smallest absolute Gasteiger partial charge is 0.210 e. The van der Waals surface area contributed by atoms with Crippen molar-refractivity contribution < 1.29 is 14.3 Å². The lowest BCUT2D eigenvalue weighted by atomic mass is 9.83. The van der Waals surface area contributed by atoms with Crippen molar-refractivity contribution in [3.63, 3.8) is 0 Å². The Morgan fingerprint density at radius 1 is 0.964 bits per heavy atom. The van der Waals surface area contributed by atoms with E-state index < -0.39 is 6.04 Å². The number of hydrogen-bond donors (Lipinski definition) is 1. The van der Waals surface area contributed by atoms with Crippen LogP contribution in [0.5, 0.6) is 5.75 Å². The number of hydrogen-bond acceptors (Lipinski definition) is 5. The van der Waals surface area contributed by atoms with Gasteiger partial charge in [0.1, 0.15) is 17.5 Å². The van der Waals surface area contributed by atoms with Gasteiger partial charge in [-0.2, -0.15) is 0 Å². The summed E-state index contributed by atoms with van der Waals surface area (Å²) >= 11 is 0. The Morgan fingerprint density at radius 2 is 1.71 bits per heavy atom. The highest BCUT2D eigenvalue weighted by atomic mass is 16.5. The zero-order valence-corrected chi connectivity index (χ0v) is 16.0. The van der Waals surface area contributed by atoms with E-state index in [1.165, 1.54) is 6.42 Å². The summed E-state index contributed by atoms with van der Waals surface area (Å²) in [5.41, 5.74) is 1.96. The lowest BCUT2D eigenvalue weighted by Crippen LogP contribution is -2.47. The van der Waals surface area contributed by atoms with Crippen molar-refractivity contribution in [2.75, 3.05) is 12.4 Å². The minimum absolute atomic E-state index is 0.111. The van der Waals surface area contributed by atoms with Crippen molar-refractivity contribution in [2.24, 2.45) is 4.99 Å². The summed E-state index contributed by atoms with van der Waals surface area (Å²) in [6.45, 7) is 0. The van der Waals surface area contributed by atoms with Crippen LogP contribution in [0.25, 0.3) is 0 Å². The Morgan fingerprint density at radius 3 is 2.46 bits per heavy atom. The highest BCUT2D eigenvalue weighted by Crippen LogP contribution is 2.27. The number of methoxy groups -OCH3 is 1. The van der Waals surface area contributed by atoms with E-state index in [0.29, 0.717) is 22.6 Å². The number of rotatable bonds is 4. The fourth-order valence-electron chi connectivity index (χ4n) is 4.00. The standard InChI is InChI=1S/C23H24N2O3/c1-28-17-11-7-10-16(14-17)25-21-20(24-15-8-3-2-4-9-15)22(26)18-12-5-6-13-19(18)23(21)27/h5-7,10-15,21,25H,2-4,8-9H2,1H3/t21-/m1/s1. The molecule has 2 aliphatic rings. The van der Waals surface area contributed by atoms with Gasteiger partial charge in [-0.15, -0.1) is 0 Å². The van der Waals surface area contributed by atoms with Crippen molar-refractivity contribution in [1.29, 1.82) is 0 Å². The van der Waals surface area contributed by atoms with E-state index in [1.807, 2.05) is 24.3 Å². The summed E-state index contributed by atoms with van der Waals surface area (Å²) in [7, 11) is 1.60. The summed E-state index contributed by atoms with van der Waals surface area (Å²) in [5, 5.41) is 3.24. The molecule has 0 amide bonds. The molecule has 4 rings (SSSR count). The van der Waals surface area contributed by atoms with Gasteiger partial charge in [-0.1, -0.05) is 49.6 Å². The van der Waals surface area contributed by atoms with Crippen LogP contribution in [0.15, 0.2) is 53.5 Å². The quantitative estimate of drug-likeness (QED) is 0.862. The first-order valence-electron chi connectivity index (χ1n) is 9.83. The van der Waals surface area contributed by atoms with Crippen molar-refractivity contribution in [2.45, 2.75) is 44.2 Å². The number of nitrogens with one attached hydrogen (secondary N) is 1. The van der Waals surface area contributed by atoms with E-state index in [2.05, 4.69) is 5.32 Å². The molecule has 0 aromatic heterocycles. The molecule has 0 aliphatic heterocycles. The summed E-state index contributed by atoms with van der Waals surface area (Å²) < 4.78 is 5.27. The number of ketones is 2. The summed E-state index contributed by atoms with van der Waals surface area (Å²) in [6.07, 6.45) is 5.39. The highest BCUT2D eigenvalue weighted by Gasteiger charge is 2.39. The van der Waals surface area contributed by atoms with E-state index in [1.54, 1.807) is 31.4 Å². The average Bonchev–Trinajstić information content (AvgIpc) is 2.75. The van der Waals surface area contributed by atoms with E-state index in [9.17, 15) is 9.59 Å². The number of Topliss-reactive ketones (excluding diaryl/α,β-unsaturated/α-hetero) is 2. The van der Waals surface area contributed by atoms with Gasteiger partial charge < -0.3 is 10.1 Å². The van der Waals surface area contributed by atoms with Gasteiger partial charge in [-0.25, -0.2) is 0 Å². The molecule has 1 atom stereocenters. The predicted molar refractivity (Wildman–Crippen MR) is 110 cm³/mol. The fourth-order valence-corrected chi connectivity index (χ4v) is 4.00. The van der Waals surface area contributed by atoms with Gasteiger partial charge in [0.2, 0.25) is 5.78 Å². The number of ether oxygens (including phenoxy) is 1. The van der Waals surface area contributed by atoms with Gasteiger partial charge in [0.15, 0.2) is 5.78 Å². The molecule has 5 heteroatoms. The van der Waals surface area contributed by atoms with Crippen molar-refractivity contribution >= 4 is 23.0 Å². The number of fused-ring (bicyclic) bond motifs is 1. The minimum Gasteiger partial charge on any atom is -0.497 e. The molecule has 0 unspecified atom stereocenters. The van der Waals surface area contributed by atoms with Crippen molar-refractivity contribution in [1.82, 2.24) is 0 Å². The van der Waals surface area contributed by atoms with Crippen LogP contribution in [0.2, 0.25) is 0 Å². The fraction of sp³-hybridized carbons (Fsp3) is 0.348. The first kappa shape index (κ1) is 18.4. The molecule has 0 radical (unpaired) electrons. The largest absolute Gasteiger partial charge is 0.497 e. The van der Waals surface area contributed by atoms with Gasteiger partial charge in [-0.05, 0) is 25.0 Å². The Labute approximate surface area is 164 Å². The van der Waals surface area contributed by atoms with Crippen LogP contribution >= 0.6 is 0 Å². The van der Waals surface area contributed by atoms with Crippen LogP contribution in [-0.4, -0.2) is 36.5 Å². The highest BCUT2D eigenvalue weighted by molar-refractivity contribution is 6.56. The van der Waals surface area contributed by atoms with E-state index in [-0.39, 0.29) is 17.6 Å². The molecule has 5 nitrogen and oxygen atoms in total. The third-order valence-electron chi connectivity index (χ3n) is 5.48. The summed E-state index contributed by atoms with van der Waals surface area (Å²) in [5.74, 6) is 0.416. The molecular weight excluding hydrogens is 352 g/mol. The maximum Gasteiger partial charge on any atom is 0.210 e. The maximum absolute atomic E-state index is 13.2. The second-order valence-electron chi connectivity index (χ2n) is 7.35. The van der Waals surface area contributed by atoms with Gasteiger partial charge in [0.05, 0.1) is 13.2 Å². The second-order valence-corrected chi connectivity index (χ2v) is 7.35. The minimum atomic E-state index is -0.781. The van der Waals surface area contributed by atoms with Crippen LogP contribution in [-0.2, 0) is 0 Å². The van der Waals surface area contributed by atoms with Gasteiger partial charge >= 0.3 is 0 Å². The SMILES string of the molecule is COc1cccc(N[C@H]2C(=O)c3ccccc3C(=O)C2=NC2CCCCC2)c1. The van der Waals surface area contributed by atoms with E-state index >= 15 is 0 Å². The van der Waals surface area contributed by atoms with Gasteiger partial charge in [-0.3, -0.25) is 14.6 Å². The lowest BCUT2D eigenvalue weighted by Gasteiger charge is -2.28. The van der Waals surface area contributed by atoms with Gasteiger partial charge in [0.25, 0.3) is 0 Å². The monoisotopic (exact) mass is 376 g/mol. The summed E-state index contributed by atoms with van der Waals surface area (Å²) in [4.78, 5) is 31.3. The number of carbonyl (C=O) groups is 2. The molecule has 144 valence electrons. The van der Waals surface area contributed by atoms with Crippen LogP contribution < -0.4 is 10.1 Å². The first-order valence-corrected chi connectivity index (χ1v) is 9.83. The van der Waals surface area contributed by atoms with Crippen LogP contribution in [0, 0.1) is 0 Å². The number of carbonyl (C=O) groups excluding carboxylic acids is 2. The Hall–Kier alpha value is -2.95. The molecule has 1 N–H and O–H groups in total. The number of benzene rings is 2. The maximum atomic E-state index is 13.2. The molecule has 2 aromatic carbocycles. The predicted octanol–water partition coefficient (Wildman–Crippen LogP) is 4.33. The lowest BCUT2D eigenvalue weighted by molar-refractivity contribution is 0.0954. The first-order chi connectivity index (χ1) is 13.7. The zero-order valence-electron chi connectivity index (χ0n) is 16.0. The van der Waals surface area contributed by atoms with Gasteiger partial charge in [0, 0.05) is 22.9 Å². The normalized spacial score (nSPS) is 21.5. The Balaban J connectivity index is 1.74. The molecule has 2 aromatic rings. The van der Waals surface area contributed by atoms with Crippen molar-refractivity contribution in [3.8, 4) is 5.75 Å². The molecular formula is C23H24N2O3. The van der Waals surface area contributed by atoms with E-state index in [0.717, 1.165) is 31.4 Å². The van der Waals surface area contributed by atoms with Crippen LogP contribution in [0.4, 0.5) is 5.69 Å². The second kappa shape index (κ2) is 7.97. The molecule has 2 aliphatic carbocycles. The molecule has 1 saturated carbocycles. The topological polar surface area (TPSA) is 67.8 Å². The van der Waals surface area contributed by atoms with Crippen LogP contribution in [0.3, 0.4) is 0 Å². The molecule has 0 bridgehead atoms. The van der Waals surface area contributed by atoms with E-state index in [4.69, 9.17) is 9.73 Å². The molecule has 1 fully saturated rings. The molecule has 28 heavy (non-hydrogen) atoms. The van der Waals surface area contributed by atoms with Crippen LogP contribution in [0.1, 0.15) is 52.8 Å². The van der Waals surface area contributed by atoms with Crippen molar-refractivity contribution in [3.05, 3.63) is 59.7 Å². The average molecular weight is 376 g/mol. The molecule has 0 heterocycles. The third kappa shape index (κ3) is 3.57. The third-order valence-corrected chi connectivity index (χ3v) is 5.48. The molecule has 0 saturated heterocycles. The Bertz CT molecular complexity index is 929. The number of nitrogens with zero attached hydrogens (tertiary/aromatic N) is 1. The Kier molecular flexibility index (Phi) is 5.24. The zero-order chi connectivity index (χ0) is 19.5. The molecule has 0 spiro atoms.